The third-order valence-electron chi connectivity index (χ3n) is 6.30. The Labute approximate surface area is 205 Å². The van der Waals surface area contributed by atoms with E-state index in [1.54, 1.807) is 12.1 Å². The van der Waals surface area contributed by atoms with Gasteiger partial charge in [0, 0.05) is 22.7 Å². The quantitative estimate of drug-likeness (QED) is 0.576. The van der Waals surface area contributed by atoms with Crippen molar-refractivity contribution in [2.24, 2.45) is 0 Å². The summed E-state index contributed by atoms with van der Waals surface area (Å²) in [6.07, 6.45) is -5.09. The molecule has 2 aromatic rings. The van der Waals surface area contributed by atoms with Crippen molar-refractivity contribution in [1.29, 1.82) is 10.5 Å². The zero-order chi connectivity index (χ0) is 26.3. The SMILES string of the molecule is N#Cc1cccc(N2CC(S(=O)c3ccccc3C(F)(F)C(F)(F)F)CC2C(=O)NC2(C#N)CC2)c1. The van der Waals surface area contributed by atoms with Crippen molar-refractivity contribution in [3.63, 3.8) is 0 Å². The van der Waals surface area contributed by atoms with Gasteiger partial charge in [0.2, 0.25) is 5.91 Å². The highest BCUT2D eigenvalue weighted by molar-refractivity contribution is 7.85. The summed E-state index contributed by atoms with van der Waals surface area (Å²) in [6, 6.07) is 13.0. The Bertz CT molecular complexity index is 1300. The van der Waals surface area contributed by atoms with Crippen LogP contribution in [0.5, 0.6) is 0 Å². The van der Waals surface area contributed by atoms with Gasteiger partial charge in [-0.1, -0.05) is 24.3 Å². The smallest absolute Gasteiger partial charge is 0.358 e. The van der Waals surface area contributed by atoms with Crippen LogP contribution in [0.3, 0.4) is 0 Å². The maximum absolute atomic E-state index is 14.2. The van der Waals surface area contributed by atoms with Gasteiger partial charge in [-0.15, -0.1) is 0 Å². The Kier molecular flexibility index (Phi) is 6.52. The van der Waals surface area contributed by atoms with Crippen LogP contribution < -0.4 is 10.2 Å². The van der Waals surface area contributed by atoms with Crippen LogP contribution in [0.4, 0.5) is 27.6 Å². The van der Waals surface area contributed by atoms with E-state index in [2.05, 4.69) is 5.32 Å². The third kappa shape index (κ3) is 4.65. The molecule has 0 radical (unpaired) electrons. The van der Waals surface area contributed by atoms with Crippen molar-refractivity contribution in [2.75, 3.05) is 11.4 Å². The van der Waals surface area contributed by atoms with Gasteiger partial charge in [-0.2, -0.15) is 32.5 Å². The van der Waals surface area contributed by atoms with E-state index in [1.807, 2.05) is 12.1 Å². The minimum atomic E-state index is -5.88. The van der Waals surface area contributed by atoms with Crippen LogP contribution in [-0.2, 0) is 21.5 Å². The minimum absolute atomic E-state index is 0.106. The molecule has 1 amide bonds. The fourth-order valence-corrected chi connectivity index (χ4v) is 5.82. The summed E-state index contributed by atoms with van der Waals surface area (Å²) in [7, 11) is -2.33. The van der Waals surface area contributed by atoms with Gasteiger partial charge >= 0.3 is 12.1 Å². The maximum atomic E-state index is 14.2. The number of nitrogens with zero attached hydrogens (tertiary/aromatic N) is 3. The van der Waals surface area contributed by atoms with E-state index in [0.29, 0.717) is 24.6 Å². The van der Waals surface area contributed by atoms with Gasteiger partial charge in [-0.3, -0.25) is 9.00 Å². The van der Waals surface area contributed by atoms with Crippen LogP contribution in [-0.4, -0.2) is 39.7 Å². The van der Waals surface area contributed by atoms with Crippen molar-refractivity contribution in [3.8, 4) is 12.1 Å². The summed E-state index contributed by atoms with van der Waals surface area (Å²) in [5, 5.41) is 20.3. The summed E-state index contributed by atoms with van der Waals surface area (Å²) in [5.41, 5.74) is -1.70. The second-order valence-corrected chi connectivity index (χ2v) is 10.4. The maximum Gasteiger partial charge on any atom is 0.458 e. The lowest BCUT2D eigenvalue weighted by Gasteiger charge is -2.27. The van der Waals surface area contributed by atoms with E-state index < -0.39 is 56.1 Å². The molecule has 3 atom stereocenters. The number of hydrogen-bond donors (Lipinski definition) is 1. The molecule has 1 aliphatic carbocycles. The van der Waals surface area contributed by atoms with Crippen LogP contribution in [0.2, 0.25) is 0 Å². The predicted molar refractivity (Wildman–Crippen MR) is 119 cm³/mol. The topological polar surface area (TPSA) is 97.0 Å². The Morgan fingerprint density at radius 1 is 1.08 bits per heavy atom. The average Bonchev–Trinajstić information content (AvgIpc) is 3.48. The summed E-state index contributed by atoms with van der Waals surface area (Å²) in [6.45, 7) is -0.106. The number of nitrogens with one attached hydrogen (secondary N) is 1. The van der Waals surface area contributed by atoms with Crippen LogP contribution in [0, 0.1) is 22.7 Å². The monoisotopic (exact) mass is 522 g/mol. The highest BCUT2D eigenvalue weighted by atomic mass is 32.2. The molecular weight excluding hydrogens is 503 g/mol. The van der Waals surface area contributed by atoms with Crippen LogP contribution in [0.25, 0.3) is 0 Å². The van der Waals surface area contributed by atoms with Crippen molar-refractivity contribution < 1.29 is 31.0 Å². The Balaban J connectivity index is 1.69. The second kappa shape index (κ2) is 9.17. The number of rotatable bonds is 6. The van der Waals surface area contributed by atoms with Gasteiger partial charge in [0.05, 0.1) is 33.8 Å². The van der Waals surface area contributed by atoms with Gasteiger partial charge in [0.25, 0.3) is 0 Å². The zero-order valence-electron chi connectivity index (χ0n) is 18.6. The van der Waals surface area contributed by atoms with Crippen LogP contribution in [0.15, 0.2) is 53.4 Å². The lowest BCUT2D eigenvalue weighted by molar-refractivity contribution is -0.290. The van der Waals surface area contributed by atoms with E-state index in [4.69, 9.17) is 0 Å². The first-order valence-corrected chi connectivity index (χ1v) is 12.1. The first kappa shape index (κ1) is 25.6. The third-order valence-corrected chi connectivity index (χ3v) is 8.04. The summed E-state index contributed by atoms with van der Waals surface area (Å²) >= 11 is 0. The zero-order valence-corrected chi connectivity index (χ0v) is 19.4. The molecule has 1 heterocycles. The van der Waals surface area contributed by atoms with Gasteiger partial charge in [-0.05, 0) is 43.5 Å². The molecule has 1 saturated carbocycles. The number of carbonyl (C=O) groups excluding carboxylic acids is 1. The standard InChI is InChI=1S/C24H19F5N4O2S/c25-23(26,24(27,28)29)18-6-1-2-7-20(18)36(35)17-11-19(21(34)32-22(14-31)8-9-22)33(13-17)16-5-3-4-15(10-16)12-30/h1-7,10,17,19H,8-9,11,13H2,(H,32,34). The molecule has 2 fully saturated rings. The molecule has 4 rings (SSSR count). The number of anilines is 1. The molecule has 0 spiro atoms. The normalized spacial score (nSPS) is 21.8. The molecule has 6 nitrogen and oxygen atoms in total. The molecule has 2 aromatic carbocycles. The van der Waals surface area contributed by atoms with Crippen molar-refractivity contribution in [1.82, 2.24) is 5.32 Å². The number of carbonyl (C=O) groups is 1. The molecule has 1 saturated heterocycles. The molecule has 0 aromatic heterocycles. The second-order valence-electron chi connectivity index (χ2n) is 8.74. The van der Waals surface area contributed by atoms with E-state index in [0.717, 1.165) is 12.1 Å². The number of halogens is 5. The molecule has 12 heteroatoms. The van der Waals surface area contributed by atoms with Crippen LogP contribution >= 0.6 is 0 Å². The summed E-state index contributed by atoms with van der Waals surface area (Å²) in [5.74, 6) is -5.77. The number of benzene rings is 2. The van der Waals surface area contributed by atoms with Gasteiger partial charge in [-0.25, -0.2) is 0 Å². The lowest BCUT2D eigenvalue weighted by atomic mass is 10.1. The predicted octanol–water partition coefficient (Wildman–Crippen LogP) is 4.14. The van der Waals surface area contributed by atoms with Crippen molar-refractivity contribution in [2.45, 2.75) is 53.1 Å². The van der Waals surface area contributed by atoms with E-state index in [-0.39, 0.29) is 18.5 Å². The molecule has 3 unspecified atom stereocenters. The van der Waals surface area contributed by atoms with Crippen molar-refractivity contribution in [3.05, 3.63) is 59.7 Å². The number of nitriles is 2. The Morgan fingerprint density at radius 3 is 2.39 bits per heavy atom. The Morgan fingerprint density at radius 2 is 1.78 bits per heavy atom. The molecule has 1 aliphatic heterocycles. The molecule has 0 bridgehead atoms. The first-order chi connectivity index (χ1) is 16.9. The lowest BCUT2D eigenvalue weighted by Crippen LogP contribution is -2.47. The van der Waals surface area contributed by atoms with Gasteiger partial charge in [0.1, 0.15) is 11.6 Å². The molecule has 1 N–H and O–H groups in total. The fourth-order valence-electron chi connectivity index (χ4n) is 4.18. The summed E-state index contributed by atoms with van der Waals surface area (Å²) < 4.78 is 81.2. The largest absolute Gasteiger partial charge is 0.458 e. The van der Waals surface area contributed by atoms with E-state index in [1.165, 1.54) is 23.1 Å². The number of alkyl halides is 5. The minimum Gasteiger partial charge on any atom is -0.358 e. The highest BCUT2D eigenvalue weighted by Crippen LogP contribution is 2.46. The number of hydrogen-bond acceptors (Lipinski definition) is 5. The van der Waals surface area contributed by atoms with E-state index >= 15 is 0 Å². The van der Waals surface area contributed by atoms with Gasteiger partial charge in [0.15, 0.2) is 0 Å². The molecular formula is C24H19F5N4O2S. The summed E-state index contributed by atoms with van der Waals surface area (Å²) in [4.78, 5) is 14.0. The van der Waals surface area contributed by atoms with Gasteiger partial charge < -0.3 is 10.2 Å². The number of amides is 1. The molecule has 2 aliphatic rings. The molecule has 188 valence electrons. The fraction of sp³-hybridized carbons (Fsp3) is 0.375. The first-order valence-electron chi connectivity index (χ1n) is 10.9. The van der Waals surface area contributed by atoms with E-state index in [9.17, 15) is 41.5 Å². The van der Waals surface area contributed by atoms with Crippen molar-refractivity contribution >= 4 is 22.4 Å². The Hall–Kier alpha value is -3.51. The van der Waals surface area contributed by atoms with Crippen LogP contribution in [0.1, 0.15) is 30.4 Å². The molecule has 36 heavy (non-hydrogen) atoms. The highest BCUT2D eigenvalue weighted by Gasteiger charge is 2.60. The average molecular weight is 522 g/mol.